The number of halogens is 1. The fourth-order valence-corrected chi connectivity index (χ4v) is 2.62. The lowest BCUT2D eigenvalue weighted by Gasteiger charge is -2.32. The van der Waals surface area contributed by atoms with Crippen LogP contribution in [0.4, 0.5) is 0 Å². The molecule has 1 aliphatic heterocycles. The van der Waals surface area contributed by atoms with E-state index in [2.05, 4.69) is 58.2 Å². The number of piperazine rings is 1. The summed E-state index contributed by atoms with van der Waals surface area (Å²) in [5.41, 5.74) is 2.82. The Hall–Kier alpha value is -0.380. The molecular formula is C13H19BrN2. The minimum atomic E-state index is 0.612. The van der Waals surface area contributed by atoms with Crippen molar-refractivity contribution in [1.29, 1.82) is 0 Å². The molecular weight excluding hydrogens is 264 g/mol. The van der Waals surface area contributed by atoms with Crippen molar-refractivity contribution in [1.82, 2.24) is 10.2 Å². The van der Waals surface area contributed by atoms with Crippen molar-refractivity contribution >= 4 is 15.9 Å². The van der Waals surface area contributed by atoms with Crippen LogP contribution in [0.15, 0.2) is 22.7 Å². The molecule has 1 N–H and O–H groups in total. The van der Waals surface area contributed by atoms with E-state index < -0.39 is 0 Å². The normalized spacial score (nSPS) is 22.3. The van der Waals surface area contributed by atoms with E-state index in [4.69, 9.17) is 0 Å². The van der Waals surface area contributed by atoms with Crippen LogP contribution in [0.1, 0.15) is 18.1 Å². The molecule has 0 spiro atoms. The van der Waals surface area contributed by atoms with E-state index in [1.54, 1.807) is 0 Å². The predicted octanol–water partition coefficient (Wildman–Crippen LogP) is 2.55. The van der Waals surface area contributed by atoms with Crippen LogP contribution in [0.3, 0.4) is 0 Å². The smallest absolute Gasteiger partial charge is 0.0237 e. The van der Waals surface area contributed by atoms with Crippen LogP contribution in [0.5, 0.6) is 0 Å². The molecule has 0 aliphatic carbocycles. The van der Waals surface area contributed by atoms with Gasteiger partial charge in [0.2, 0.25) is 0 Å². The SMILES string of the molecule is Cc1ccc(Br)cc1CN1CCN[C@H](C)C1. The standard InChI is InChI=1S/C13H19BrN2/c1-10-3-4-13(14)7-12(10)9-16-6-5-15-11(2)8-16/h3-4,7,11,15H,5-6,8-9H2,1-2H3/t11-/m1/s1. The van der Waals surface area contributed by atoms with Crippen LogP contribution in [-0.2, 0) is 6.54 Å². The van der Waals surface area contributed by atoms with Gasteiger partial charge in [-0.3, -0.25) is 4.90 Å². The van der Waals surface area contributed by atoms with Crippen molar-refractivity contribution in [3.63, 3.8) is 0 Å². The average molecular weight is 283 g/mol. The Kier molecular flexibility index (Phi) is 4.00. The molecule has 3 heteroatoms. The molecule has 2 nitrogen and oxygen atoms in total. The molecule has 0 amide bonds. The summed E-state index contributed by atoms with van der Waals surface area (Å²) in [6.45, 7) is 8.90. The van der Waals surface area contributed by atoms with Crippen LogP contribution in [0, 0.1) is 6.92 Å². The third-order valence-electron chi connectivity index (χ3n) is 3.16. The van der Waals surface area contributed by atoms with E-state index in [1.165, 1.54) is 15.6 Å². The molecule has 0 aromatic heterocycles. The maximum atomic E-state index is 3.54. The zero-order valence-electron chi connectivity index (χ0n) is 9.96. The first-order valence-electron chi connectivity index (χ1n) is 5.86. The first-order chi connectivity index (χ1) is 7.65. The lowest BCUT2D eigenvalue weighted by molar-refractivity contribution is 0.199. The minimum Gasteiger partial charge on any atom is -0.312 e. The number of rotatable bonds is 2. The number of nitrogens with one attached hydrogen (secondary N) is 1. The van der Waals surface area contributed by atoms with Crippen LogP contribution >= 0.6 is 15.9 Å². The number of hydrogen-bond donors (Lipinski definition) is 1. The summed E-state index contributed by atoms with van der Waals surface area (Å²) in [6, 6.07) is 7.15. The van der Waals surface area contributed by atoms with E-state index in [0.717, 1.165) is 26.2 Å². The van der Waals surface area contributed by atoms with Crippen molar-refractivity contribution in [2.75, 3.05) is 19.6 Å². The molecule has 1 fully saturated rings. The molecule has 1 aromatic carbocycles. The third-order valence-corrected chi connectivity index (χ3v) is 3.65. The van der Waals surface area contributed by atoms with Gasteiger partial charge in [0.1, 0.15) is 0 Å². The predicted molar refractivity (Wildman–Crippen MR) is 71.6 cm³/mol. The largest absolute Gasteiger partial charge is 0.312 e. The summed E-state index contributed by atoms with van der Waals surface area (Å²) in [6.07, 6.45) is 0. The van der Waals surface area contributed by atoms with Gasteiger partial charge in [-0.05, 0) is 37.1 Å². The van der Waals surface area contributed by atoms with Gasteiger partial charge < -0.3 is 5.32 Å². The molecule has 88 valence electrons. The second kappa shape index (κ2) is 5.30. The minimum absolute atomic E-state index is 0.612. The second-order valence-corrected chi connectivity index (χ2v) is 5.58. The maximum absolute atomic E-state index is 3.54. The highest BCUT2D eigenvalue weighted by atomic mass is 79.9. The number of hydrogen-bond acceptors (Lipinski definition) is 2. The number of aryl methyl sites for hydroxylation is 1. The summed E-state index contributed by atoms with van der Waals surface area (Å²) in [7, 11) is 0. The van der Waals surface area contributed by atoms with Crippen molar-refractivity contribution in [2.45, 2.75) is 26.4 Å². The van der Waals surface area contributed by atoms with Crippen LogP contribution in [0.25, 0.3) is 0 Å². The van der Waals surface area contributed by atoms with E-state index in [0.29, 0.717) is 6.04 Å². The van der Waals surface area contributed by atoms with E-state index in [-0.39, 0.29) is 0 Å². The molecule has 0 unspecified atom stereocenters. The lowest BCUT2D eigenvalue weighted by atomic mass is 10.1. The monoisotopic (exact) mass is 282 g/mol. The van der Waals surface area contributed by atoms with E-state index in [1.807, 2.05) is 0 Å². The Labute approximate surface area is 106 Å². The molecule has 0 bridgehead atoms. The maximum Gasteiger partial charge on any atom is 0.0237 e. The highest BCUT2D eigenvalue weighted by Crippen LogP contribution is 2.18. The fourth-order valence-electron chi connectivity index (χ4n) is 2.21. The van der Waals surface area contributed by atoms with Crippen molar-refractivity contribution in [3.8, 4) is 0 Å². The second-order valence-electron chi connectivity index (χ2n) is 4.66. The first kappa shape index (κ1) is 12.1. The molecule has 0 saturated carbocycles. The number of benzene rings is 1. The topological polar surface area (TPSA) is 15.3 Å². The summed E-state index contributed by atoms with van der Waals surface area (Å²) in [5.74, 6) is 0. The average Bonchev–Trinajstić information content (AvgIpc) is 2.24. The van der Waals surface area contributed by atoms with Gasteiger partial charge in [0.05, 0.1) is 0 Å². The van der Waals surface area contributed by atoms with Gasteiger partial charge in [-0.15, -0.1) is 0 Å². The molecule has 0 radical (unpaired) electrons. The molecule has 1 aliphatic rings. The van der Waals surface area contributed by atoms with Crippen molar-refractivity contribution in [2.24, 2.45) is 0 Å². The van der Waals surface area contributed by atoms with Gasteiger partial charge in [-0.25, -0.2) is 0 Å². The summed E-state index contributed by atoms with van der Waals surface area (Å²) < 4.78 is 1.18. The molecule has 1 saturated heterocycles. The summed E-state index contributed by atoms with van der Waals surface area (Å²) >= 11 is 3.54. The van der Waals surface area contributed by atoms with Crippen molar-refractivity contribution in [3.05, 3.63) is 33.8 Å². The van der Waals surface area contributed by atoms with Crippen LogP contribution in [-0.4, -0.2) is 30.6 Å². The fraction of sp³-hybridized carbons (Fsp3) is 0.538. The Morgan fingerprint density at radius 2 is 2.31 bits per heavy atom. The van der Waals surface area contributed by atoms with Gasteiger partial charge in [0, 0.05) is 36.7 Å². The summed E-state index contributed by atoms with van der Waals surface area (Å²) in [5, 5.41) is 3.47. The van der Waals surface area contributed by atoms with Gasteiger partial charge in [-0.1, -0.05) is 22.0 Å². The molecule has 1 heterocycles. The third kappa shape index (κ3) is 3.06. The Balaban J connectivity index is 2.05. The molecule has 1 atom stereocenters. The zero-order valence-corrected chi connectivity index (χ0v) is 11.5. The molecule has 16 heavy (non-hydrogen) atoms. The Bertz CT molecular complexity index is 365. The van der Waals surface area contributed by atoms with Crippen molar-refractivity contribution < 1.29 is 0 Å². The molecule has 2 rings (SSSR count). The quantitative estimate of drug-likeness (QED) is 0.897. The highest BCUT2D eigenvalue weighted by Gasteiger charge is 2.16. The van der Waals surface area contributed by atoms with Gasteiger partial charge in [-0.2, -0.15) is 0 Å². The highest BCUT2D eigenvalue weighted by molar-refractivity contribution is 9.10. The van der Waals surface area contributed by atoms with Gasteiger partial charge in [0.25, 0.3) is 0 Å². The summed E-state index contributed by atoms with van der Waals surface area (Å²) in [4.78, 5) is 2.52. The Morgan fingerprint density at radius 3 is 3.06 bits per heavy atom. The van der Waals surface area contributed by atoms with Gasteiger partial charge >= 0.3 is 0 Å². The Morgan fingerprint density at radius 1 is 1.50 bits per heavy atom. The van der Waals surface area contributed by atoms with E-state index in [9.17, 15) is 0 Å². The first-order valence-corrected chi connectivity index (χ1v) is 6.65. The number of nitrogens with zero attached hydrogens (tertiary/aromatic N) is 1. The van der Waals surface area contributed by atoms with E-state index >= 15 is 0 Å². The van der Waals surface area contributed by atoms with Crippen LogP contribution < -0.4 is 5.32 Å². The molecule has 1 aromatic rings. The van der Waals surface area contributed by atoms with Crippen LogP contribution in [0.2, 0.25) is 0 Å². The zero-order chi connectivity index (χ0) is 11.5. The lowest BCUT2D eigenvalue weighted by Crippen LogP contribution is -2.48. The van der Waals surface area contributed by atoms with Gasteiger partial charge in [0.15, 0.2) is 0 Å².